The van der Waals surface area contributed by atoms with Crippen LogP contribution in [0.2, 0.25) is 0 Å². The zero-order valence-electron chi connectivity index (χ0n) is 17.8. The fraction of sp³-hybridized carbons (Fsp3) is 0.192. The first kappa shape index (κ1) is 20.4. The summed E-state index contributed by atoms with van der Waals surface area (Å²) in [6.07, 6.45) is 3.99. The average Bonchev–Trinajstić information content (AvgIpc) is 3.16. The van der Waals surface area contributed by atoms with Crippen molar-refractivity contribution in [2.45, 2.75) is 20.0 Å². The van der Waals surface area contributed by atoms with Crippen LogP contribution in [-0.2, 0) is 20.1 Å². The second kappa shape index (κ2) is 8.85. The predicted octanol–water partition coefficient (Wildman–Crippen LogP) is 4.05. The van der Waals surface area contributed by atoms with E-state index in [-0.39, 0.29) is 5.91 Å². The highest BCUT2D eigenvalue weighted by Gasteiger charge is 2.21. The molecule has 0 spiro atoms. The maximum Gasteiger partial charge on any atom is 0.270 e. The highest BCUT2D eigenvalue weighted by atomic mass is 16.2. The lowest BCUT2D eigenvalue weighted by atomic mass is 10.1. The number of fused-ring (bicyclic) bond motifs is 1. The lowest BCUT2D eigenvalue weighted by molar-refractivity contribution is -0.671. The summed E-state index contributed by atoms with van der Waals surface area (Å²) < 4.78 is 4.04. The number of carbonyl (C=O) groups excluding carboxylic acids is 1. The standard InChI is InChI=1S/C26H25N4O/c1-3-29(18-20-11-13-28(2)14-12-20)26(31)25-16-23-9-4-5-10-24(23)30(25)19-22-8-6-7-21(15-22)17-27/h4-16H,3,18-19H2,1-2H3/q+1. The number of pyridine rings is 1. The van der Waals surface area contributed by atoms with Crippen LogP contribution >= 0.6 is 0 Å². The normalized spacial score (nSPS) is 10.7. The van der Waals surface area contributed by atoms with Gasteiger partial charge in [0.1, 0.15) is 12.7 Å². The number of nitrogens with zero attached hydrogens (tertiary/aromatic N) is 4. The van der Waals surface area contributed by atoms with Gasteiger partial charge in [-0.1, -0.05) is 30.3 Å². The van der Waals surface area contributed by atoms with E-state index in [0.29, 0.717) is 30.9 Å². The summed E-state index contributed by atoms with van der Waals surface area (Å²) in [5.41, 5.74) is 4.38. The van der Waals surface area contributed by atoms with Crippen LogP contribution in [0.25, 0.3) is 10.9 Å². The SMILES string of the molecule is CCN(Cc1cc[n+](C)cc1)C(=O)c1cc2ccccc2n1Cc1cccc(C#N)c1. The molecule has 0 aliphatic rings. The van der Waals surface area contributed by atoms with E-state index in [0.717, 1.165) is 22.0 Å². The molecule has 0 bridgehead atoms. The Hall–Kier alpha value is -3.91. The van der Waals surface area contributed by atoms with Crippen LogP contribution in [-0.4, -0.2) is 21.9 Å². The van der Waals surface area contributed by atoms with Crippen LogP contribution in [0, 0.1) is 11.3 Å². The fourth-order valence-corrected chi connectivity index (χ4v) is 3.83. The van der Waals surface area contributed by atoms with Gasteiger partial charge in [-0.15, -0.1) is 0 Å². The molecule has 2 aromatic heterocycles. The Bertz CT molecular complexity index is 1260. The van der Waals surface area contributed by atoms with Gasteiger partial charge in [0.05, 0.1) is 11.6 Å². The molecule has 0 aliphatic carbocycles. The second-order valence-electron chi connectivity index (χ2n) is 7.68. The van der Waals surface area contributed by atoms with Gasteiger partial charge in [-0.2, -0.15) is 5.26 Å². The van der Waals surface area contributed by atoms with Crippen LogP contribution in [0.15, 0.2) is 79.1 Å². The second-order valence-corrected chi connectivity index (χ2v) is 7.68. The number of amides is 1. The maximum absolute atomic E-state index is 13.6. The number of benzene rings is 2. The van der Waals surface area contributed by atoms with Crippen LogP contribution in [0.3, 0.4) is 0 Å². The number of para-hydroxylation sites is 1. The number of hydrogen-bond acceptors (Lipinski definition) is 2. The molecule has 0 aliphatic heterocycles. The van der Waals surface area contributed by atoms with Gasteiger partial charge in [0.2, 0.25) is 0 Å². The molecule has 0 fully saturated rings. The van der Waals surface area contributed by atoms with Crippen LogP contribution in [0.1, 0.15) is 34.1 Å². The highest BCUT2D eigenvalue weighted by Crippen LogP contribution is 2.23. The van der Waals surface area contributed by atoms with E-state index in [2.05, 4.69) is 10.6 Å². The van der Waals surface area contributed by atoms with Crippen LogP contribution < -0.4 is 4.57 Å². The third-order valence-electron chi connectivity index (χ3n) is 5.52. The Kier molecular flexibility index (Phi) is 5.81. The van der Waals surface area contributed by atoms with Crippen molar-refractivity contribution in [2.75, 3.05) is 6.54 Å². The first-order valence-electron chi connectivity index (χ1n) is 10.4. The molecule has 5 nitrogen and oxygen atoms in total. The Morgan fingerprint density at radius 3 is 2.55 bits per heavy atom. The van der Waals surface area contributed by atoms with Gasteiger partial charge in [-0.05, 0) is 42.3 Å². The molecule has 0 N–H and O–H groups in total. The van der Waals surface area contributed by atoms with Gasteiger partial charge in [0.25, 0.3) is 5.91 Å². The third-order valence-corrected chi connectivity index (χ3v) is 5.52. The topological polar surface area (TPSA) is 52.9 Å². The molecule has 0 saturated carbocycles. The largest absolute Gasteiger partial charge is 0.333 e. The van der Waals surface area contributed by atoms with Gasteiger partial charge in [-0.25, -0.2) is 4.57 Å². The molecular formula is C26H25N4O+. The van der Waals surface area contributed by atoms with Gasteiger partial charge in [0.15, 0.2) is 12.4 Å². The fourth-order valence-electron chi connectivity index (χ4n) is 3.83. The molecule has 0 saturated heterocycles. The molecule has 4 aromatic rings. The number of aromatic nitrogens is 2. The Balaban J connectivity index is 1.71. The average molecular weight is 410 g/mol. The molecule has 154 valence electrons. The molecular weight excluding hydrogens is 384 g/mol. The number of hydrogen-bond donors (Lipinski definition) is 0. The number of nitriles is 1. The Morgan fingerprint density at radius 1 is 1.03 bits per heavy atom. The number of aryl methyl sites for hydroxylation is 1. The van der Waals surface area contributed by atoms with E-state index in [4.69, 9.17) is 0 Å². The zero-order chi connectivity index (χ0) is 21.8. The lowest BCUT2D eigenvalue weighted by Gasteiger charge is -2.22. The predicted molar refractivity (Wildman–Crippen MR) is 120 cm³/mol. The minimum absolute atomic E-state index is 0.00312. The summed E-state index contributed by atoms with van der Waals surface area (Å²) in [6.45, 7) is 3.71. The van der Waals surface area contributed by atoms with Crippen molar-refractivity contribution in [3.63, 3.8) is 0 Å². The van der Waals surface area contributed by atoms with Gasteiger partial charge < -0.3 is 9.47 Å². The minimum atomic E-state index is 0.00312. The first-order valence-corrected chi connectivity index (χ1v) is 10.4. The molecule has 0 radical (unpaired) electrons. The van der Waals surface area contributed by atoms with E-state index in [1.807, 2.05) is 96.5 Å². The summed E-state index contributed by atoms with van der Waals surface area (Å²) in [5, 5.41) is 10.3. The van der Waals surface area contributed by atoms with Gasteiger partial charge in [-0.3, -0.25) is 4.79 Å². The van der Waals surface area contributed by atoms with Gasteiger partial charge >= 0.3 is 0 Å². The van der Waals surface area contributed by atoms with E-state index < -0.39 is 0 Å². The minimum Gasteiger partial charge on any atom is -0.333 e. The molecule has 0 unspecified atom stereocenters. The molecule has 2 aromatic carbocycles. The smallest absolute Gasteiger partial charge is 0.270 e. The molecule has 31 heavy (non-hydrogen) atoms. The summed E-state index contributed by atoms with van der Waals surface area (Å²) in [7, 11) is 1.98. The van der Waals surface area contributed by atoms with Crippen molar-refractivity contribution in [1.29, 1.82) is 5.26 Å². The van der Waals surface area contributed by atoms with Crippen molar-refractivity contribution >= 4 is 16.8 Å². The Labute approximate surface area is 182 Å². The van der Waals surface area contributed by atoms with Crippen molar-refractivity contribution in [3.8, 4) is 6.07 Å². The molecule has 1 amide bonds. The number of rotatable bonds is 6. The van der Waals surface area contributed by atoms with Crippen LogP contribution in [0.4, 0.5) is 0 Å². The molecule has 5 heteroatoms. The quantitative estimate of drug-likeness (QED) is 0.451. The monoisotopic (exact) mass is 409 g/mol. The van der Waals surface area contributed by atoms with Crippen LogP contribution in [0.5, 0.6) is 0 Å². The van der Waals surface area contributed by atoms with Crippen molar-refractivity contribution < 1.29 is 9.36 Å². The van der Waals surface area contributed by atoms with Crippen molar-refractivity contribution in [1.82, 2.24) is 9.47 Å². The highest BCUT2D eigenvalue weighted by molar-refractivity contribution is 5.98. The molecule has 0 atom stereocenters. The Morgan fingerprint density at radius 2 is 1.81 bits per heavy atom. The van der Waals surface area contributed by atoms with Gasteiger partial charge in [0, 0.05) is 42.7 Å². The van der Waals surface area contributed by atoms with Crippen molar-refractivity contribution in [2.24, 2.45) is 7.05 Å². The van der Waals surface area contributed by atoms with E-state index >= 15 is 0 Å². The summed E-state index contributed by atoms with van der Waals surface area (Å²) in [6, 6.07) is 23.8. The van der Waals surface area contributed by atoms with E-state index in [1.54, 1.807) is 6.07 Å². The molecule has 2 heterocycles. The number of carbonyl (C=O) groups is 1. The van der Waals surface area contributed by atoms with E-state index in [1.165, 1.54) is 0 Å². The third kappa shape index (κ3) is 4.34. The van der Waals surface area contributed by atoms with E-state index in [9.17, 15) is 10.1 Å². The lowest BCUT2D eigenvalue weighted by Crippen LogP contribution is -2.33. The zero-order valence-corrected chi connectivity index (χ0v) is 17.8. The first-order chi connectivity index (χ1) is 15.1. The maximum atomic E-state index is 13.6. The van der Waals surface area contributed by atoms with Crippen molar-refractivity contribution in [3.05, 3.63) is 102 Å². The summed E-state index contributed by atoms with van der Waals surface area (Å²) in [4.78, 5) is 15.5. The molecule has 4 rings (SSSR count). The summed E-state index contributed by atoms with van der Waals surface area (Å²) in [5.74, 6) is 0.00312. The summed E-state index contributed by atoms with van der Waals surface area (Å²) >= 11 is 0.